The molecule has 0 spiro atoms. The summed E-state index contributed by atoms with van der Waals surface area (Å²) in [6.07, 6.45) is 3.74. The lowest BCUT2D eigenvalue weighted by atomic mass is 9.87. The first-order valence-corrected chi connectivity index (χ1v) is 16.4. The van der Waals surface area contributed by atoms with E-state index < -0.39 is 36.0 Å². The molecule has 0 aliphatic carbocycles. The Morgan fingerprint density at radius 2 is 1.63 bits per heavy atom. The molecule has 2 aromatic carbocycles. The zero-order valence-corrected chi connectivity index (χ0v) is 26.4. The number of nitrogens with zero attached hydrogens (tertiary/aromatic N) is 2. The maximum atomic E-state index is 13.9. The van der Waals surface area contributed by atoms with E-state index in [9.17, 15) is 24.3 Å². The zero-order valence-electron chi connectivity index (χ0n) is 26.4. The van der Waals surface area contributed by atoms with Gasteiger partial charge in [0.05, 0.1) is 6.04 Å². The van der Waals surface area contributed by atoms with E-state index in [4.69, 9.17) is 11.5 Å². The smallest absolute Gasteiger partial charge is 0.246 e. The van der Waals surface area contributed by atoms with Gasteiger partial charge in [-0.05, 0) is 75.3 Å². The van der Waals surface area contributed by atoms with Crippen LogP contribution in [0.1, 0.15) is 50.2 Å². The van der Waals surface area contributed by atoms with Gasteiger partial charge in [0.15, 0.2) is 0 Å². The first kappa shape index (κ1) is 33.4. The fourth-order valence-electron chi connectivity index (χ4n) is 7.00. The first-order chi connectivity index (χ1) is 22.2. The number of piperazine rings is 1. The van der Waals surface area contributed by atoms with Crippen molar-refractivity contribution in [2.45, 2.75) is 94.2 Å². The van der Waals surface area contributed by atoms with Crippen LogP contribution in [0.4, 0.5) is 0 Å². The Morgan fingerprint density at radius 3 is 2.28 bits per heavy atom. The zero-order chi connectivity index (χ0) is 32.8. The number of hydrogen-bond donors (Lipinski definition) is 6. The van der Waals surface area contributed by atoms with Gasteiger partial charge in [-0.3, -0.25) is 19.2 Å². The molecule has 3 saturated heterocycles. The predicted molar refractivity (Wildman–Crippen MR) is 173 cm³/mol. The molecule has 46 heavy (non-hydrogen) atoms. The normalized spacial score (nSPS) is 24.1. The number of fused-ring (bicyclic) bond motifs is 2. The molecule has 7 unspecified atom stereocenters. The SMILES string of the molecule is CC1CC(NC(=O)C(Cc2ccccc2)NC(=O)C(N)Cc2ccc(O)cc2)C(=O)N1C(CCCCN)C(=O)N1C2CNCC1C2. The summed E-state index contributed by atoms with van der Waals surface area (Å²) in [5.74, 6) is -1.19. The average molecular weight is 634 g/mol. The van der Waals surface area contributed by atoms with Gasteiger partial charge in [-0.15, -0.1) is 0 Å². The molecule has 0 radical (unpaired) electrons. The van der Waals surface area contributed by atoms with Crippen molar-refractivity contribution in [1.29, 1.82) is 0 Å². The van der Waals surface area contributed by atoms with E-state index in [1.165, 1.54) is 12.1 Å². The standard InChI is InChI=1S/C34H47N7O5/c1-21-15-29(33(45)40(21)30(9-5-6-14-35)34(46)41-24-18-25(41)20-37-19-24)39-32(44)28(17-22-7-3-2-4-8-22)38-31(43)27(36)16-23-10-12-26(42)13-11-23/h2-4,7-8,10-13,21,24-25,27-30,37,42H,5-6,9,14-20,35-36H2,1H3,(H,38,43)(H,39,44). The number of aromatic hydroxyl groups is 1. The van der Waals surface area contributed by atoms with Crippen molar-refractivity contribution in [3.05, 3.63) is 65.7 Å². The second-order valence-electron chi connectivity index (χ2n) is 12.9. The summed E-state index contributed by atoms with van der Waals surface area (Å²) in [5.41, 5.74) is 13.6. The molecular formula is C34H47N7O5. The third-order valence-electron chi connectivity index (χ3n) is 9.46. The van der Waals surface area contributed by atoms with Crippen molar-refractivity contribution in [2.75, 3.05) is 19.6 Å². The van der Waals surface area contributed by atoms with Crippen LogP contribution in [-0.2, 0) is 32.0 Å². The monoisotopic (exact) mass is 633 g/mol. The van der Waals surface area contributed by atoms with Crippen LogP contribution >= 0.6 is 0 Å². The molecule has 3 aliphatic rings. The molecular weight excluding hydrogens is 586 g/mol. The molecule has 3 fully saturated rings. The molecule has 12 nitrogen and oxygen atoms in total. The third kappa shape index (κ3) is 7.68. The predicted octanol–water partition coefficient (Wildman–Crippen LogP) is 0.165. The minimum Gasteiger partial charge on any atom is -0.508 e. The van der Waals surface area contributed by atoms with Gasteiger partial charge >= 0.3 is 0 Å². The quantitative estimate of drug-likeness (QED) is 0.159. The highest BCUT2D eigenvalue weighted by Crippen LogP contribution is 2.33. The molecule has 12 heteroatoms. The molecule has 3 aliphatic heterocycles. The van der Waals surface area contributed by atoms with Crippen molar-refractivity contribution >= 4 is 23.6 Å². The lowest BCUT2D eigenvalue weighted by Gasteiger charge is -2.54. The van der Waals surface area contributed by atoms with Crippen LogP contribution in [0.15, 0.2) is 54.6 Å². The van der Waals surface area contributed by atoms with Gasteiger partial charge in [-0.1, -0.05) is 42.5 Å². The summed E-state index contributed by atoms with van der Waals surface area (Å²) in [5, 5.41) is 18.6. The highest BCUT2D eigenvalue weighted by molar-refractivity contribution is 5.96. The number of benzene rings is 2. The van der Waals surface area contributed by atoms with E-state index in [1.54, 1.807) is 17.0 Å². The Hall–Kier alpha value is -4.00. The van der Waals surface area contributed by atoms with Crippen LogP contribution in [0.2, 0.25) is 0 Å². The number of likely N-dealkylation sites (tertiary alicyclic amines) is 1. The van der Waals surface area contributed by atoms with Gasteiger partial charge in [0.25, 0.3) is 0 Å². The number of amides is 4. The Balaban J connectivity index is 1.28. The summed E-state index contributed by atoms with van der Waals surface area (Å²) in [4.78, 5) is 58.4. The van der Waals surface area contributed by atoms with Crippen molar-refractivity contribution in [3.63, 3.8) is 0 Å². The van der Waals surface area contributed by atoms with Crippen LogP contribution in [0.5, 0.6) is 5.75 Å². The molecule has 5 rings (SSSR count). The number of piperidine rings is 1. The van der Waals surface area contributed by atoms with E-state index in [0.717, 1.165) is 43.5 Å². The molecule has 3 heterocycles. The van der Waals surface area contributed by atoms with Crippen molar-refractivity contribution in [1.82, 2.24) is 25.8 Å². The number of phenolic OH excluding ortho intramolecular Hbond substituents is 1. The fraction of sp³-hybridized carbons (Fsp3) is 0.529. The number of carbonyl (C=O) groups excluding carboxylic acids is 4. The fourth-order valence-corrected chi connectivity index (χ4v) is 7.00. The van der Waals surface area contributed by atoms with E-state index in [0.29, 0.717) is 19.4 Å². The van der Waals surface area contributed by atoms with Crippen LogP contribution < -0.4 is 27.4 Å². The van der Waals surface area contributed by atoms with Crippen molar-refractivity contribution in [2.24, 2.45) is 11.5 Å². The van der Waals surface area contributed by atoms with E-state index in [2.05, 4.69) is 16.0 Å². The van der Waals surface area contributed by atoms with Gasteiger partial charge in [-0.2, -0.15) is 0 Å². The largest absolute Gasteiger partial charge is 0.508 e. The number of carbonyl (C=O) groups is 4. The van der Waals surface area contributed by atoms with E-state index in [1.807, 2.05) is 42.2 Å². The molecule has 8 N–H and O–H groups in total. The summed E-state index contributed by atoms with van der Waals surface area (Å²) in [6.45, 7) is 3.94. The third-order valence-corrected chi connectivity index (χ3v) is 9.46. The number of hydrogen-bond acceptors (Lipinski definition) is 8. The lowest BCUT2D eigenvalue weighted by molar-refractivity contribution is -0.158. The van der Waals surface area contributed by atoms with E-state index >= 15 is 0 Å². The number of rotatable bonds is 14. The summed E-state index contributed by atoms with van der Waals surface area (Å²) < 4.78 is 0. The van der Waals surface area contributed by atoms with Crippen LogP contribution in [-0.4, -0.2) is 100 Å². The molecule has 248 valence electrons. The van der Waals surface area contributed by atoms with E-state index in [-0.39, 0.29) is 48.5 Å². The summed E-state index contributed by atoms with van der Waals surface area (Å²) >= 11 is 0. The van der Waals surface area contributed by atoms with Gasteiger partial charge in [-0.25, -0.2) is 0 Å². The van der Waals surface area contributed by atoms with Crippen LogP contribution in [0.25, 0.3) is 0 Å². The second-order valence-corrected chi connectivity index (χ2v) is 12.9. The molecule has 2 aromatic rings. The number of nitrogens with two attached hydrogens (primary N) is 2. The first-order valence-electron chi connectivity index (χ1n) is 16.4. The van der Waals surface area contributed by atoms with Crippen LogP contribution in [0, 0.1) is 0 Å². The van der Waals surface area contributed by atoms with Gasteiger partial charge in [0.1, 0.15) is 23.9 Å². The maximum absolute atomic E-state index is 13.9. The maximum Gasteiger partial charge on any atom is 0.246 e. The number of phenols is 1. The molecule has 7 atom stereocenters. The summed E-state index contributed by atoms with van der Waals surface area (Å²) in [7, 11) is 0. The summed E-state index contributed by atoms with van der Waals surface area (Å²) in [6, 6.07) is 12.4. The van der Waals surface area contributed by atoms with Gasteiger partial charge in [0, 0.05) is 37.6 Å². The minimum atomic E-state index is -0.979. The highest BCUT2D eigenvalue weighted by atomic mass is 16.3. The molecule has 0 aromatic heterocycles. The Labute approximate surface area is 270 Å². The Morgan fingerprint density at radius 1 is 0.957 bits per heavy atom. The second kappa shape index (κ2) is 15.1. The van der Waals surface area contributed by atoms with Crippen molar-refractivity contribution in [3.8, 4) is 5.75 Å². The Kier molecular flexibility index (Phi) is 10.9. The van der Waals surface area contributed by atoms with Gasteiger partial charge in [0.2, 0.25) is 23.6 Å². The number of unbranched alkanes of at least 4 members (excludes halogenated alkanes) is 1. The molecule has 2 bridgehead atoms. The average Bonchev–Trinajstić information content (AvgIpc) is 3.32. The molecule has 4 amide bonds. The van der Waals surface area contributed by atoms with Crippen molar-refractivity contribution < 1.29 is 24.3 Å². The Bertz CT molecular complexity index is 1360. The lowest BCUT2D eigenvalue weighted by Crippen LogP contribution is -2.72. The molecule has 0 saturated carbocycles. The van der Waals surface area contributed by atoms with Crippen LogP contribution in [0.3, 0.4) is 0 Å². The number of nitrogens with one attached hydrogen (secondary N) is 3. The topological polar surface area (TPSA) is 183 Å². The highest BCUT2D eigenvalue weighted by Gasteiger charge is 2.50. The van der Waals surface area contributed by atoms with Gasteiger partial charge < -0.3 is 42.3 Å². The minimum absolute atomic E-state index is 0.0243.